The molecule has 4 heteroatoms. The van der Waals surface area contributed by atoms with Crippen LogP contribution in [-0.4, -0.2) is 35.2 Å². The molecule has 0 unspecified atom stereocenters. The lowest BCUT2D eigenvalue weighted by molar-refractivity contribution is -0.132. The molecule has 1 aliphatic heterocycles. The molecule has 15 heavy (non-hydrogen) atoms. The minimum absolute atomic E-state index is 0.0724. The van der Waals surface area contributed by atoms with Crippen molar-refractivity contribution in [1.29, 1.82) is 0 Å². The standard InChI is InChI=1S/C11H22N2OS/c1-11(2,15)9-4-7-13(8-5-9)10(14)3-6-12/h9,15H,3-8,12H2,1-2H3. The summed E-state index contributed by atoms with van der Waals surface area (Å²) in [5, 5.41) is 0. The third-order valence-corrected chi connectivity index (χ3v) is 3.57. The largest absolute Gasteiger partial charge is 0.343 e. The monoisotopic (exact) mass is 230 g/mol. The van der Waals surface area contributed by atoms with Crippen LogP contribution in [0.5, 0.6) is 0 Å². The number of carbonyl (C=O) groups is 1. The van der Waals surface area contributed by atoms with Gasteiger partial charge in [0.1, 0.15) is 0 Å². The van der Waals surface area contributed by atoms with Crippen LogP contribution in [0.1, 0.15) is 33.1 Å². The first-order valence-electron chi connectivity index (χ1n) is 5.65. The molecule has 1 heterocycles. The van der Waals surface area contributed by atoms with Gasteiger partial charge in [-0.05, 0) is 18.8 Å². The van der Waals surface area contributed by atoms with Crippen LogP contribution >= 0.6 is 12.6 Å². The molecule has 0 spiro atoms. The lowest BCUT2D eigenvalue weighted by Gasteiger charge is -2.38. The molecular formula is C11H22N2OS. The number of likely N-dealkylation sites (tertiary alicyclic amines) is 1. The van der Waals surface area contributed by atoms with E-state index in [0.29, 0.717) is 18.9 Å². The average molecular weight is 230 g/mol. The molecule has 0 atom stereocenters. The van der Waals surface area contributed by atoms with Crippen LogP contribution in [0.4, 0.5) is 0 Å². The van der Waals surface area contributed by atoms with E-state index in [1.54, 1.807) is 0 Å². The van der Waals surface area contributed by atoms with Crippen molar-refractivity contribution in [2.75, 3.05) is 19.6 Å². The van der Waals surface area contributed by atoms with Crippen molar-refractivity contribution in [3.05, 3.63) is 0 Å². The number of hydrogen-bond donors (Lipinski definition) is 2. The Morgan fingerprint density at radius 3 is 2.40 bits per heavy atom. The summed E-state index contributed by atoms with van der Waals surface area (Å²) >= 11 is 4.60. The molecule has 0 radical (unpaired) electrons. The molecule has 88 valence electrons. The van der Waals surface area contributed by atoms with Gasteiger partial charge in [-0.1, -0.05) is 13.8 Å². The second-order valence-corrected chi connectivity index (χ2v) is 6.00. The number of thiol groups is 1. The topological polar surface area (TPSA) is 46.3 Å². The van der Waals surface area contributed by atoms with Crippen LogP contribution in [0.25, 0.3) is 0 Å². The third kappa shape index (κ3) is 3.68. The van der Waals surface area contributed by atoms with Crippen LogP contribution in [0, 0.1) is 5.92 Å². The number of nitrogens with two attached hydrogens (primary N) is 1. The predicted octanol–water partition coefficient (Wildman–Crippen LogP) is 1.28. The van der Waals surface area contributed by atoms with Crippen molar-refractivity contribution in [1.82, 2.24) is 4.90 Å². The highest BCUT2D eigenvalue weighted by atomic mass is 32.1. The van der Waals surface area contributed by atoms with Crippen molar-refractivity contribution in [2.45, 2.75) is 37.9 Å². The zero-order valence-corrected chi connectivity index (χ0v) is 10.6. The zero-order chi connectivity index (χ0) is 11.5. The van der Waals surface area contributed by atoms with Gasteiger partial charge in [-0.3, -0.25) is 4.79 Å². The van der Waals surface area contributed by atoms with Gasteiger partial charge < -0.3 is 10.6 Å². The van der Waals surface area contributed by atoms with Gasteiger partial charge in [-0.2, -0.15) is 12.6 Å². The predicted molar refractivity (Wildman–Crippen MR) is 66.0 cm³/mol. The Morgan fingerprint density at radius 1 is 1.47 bits per heavy atom. The SMILES string of the molecule is CC(C)(S)C1CCN(C(=O)CCN)CC1. The van der Waals surface area contributed by atoms with Gasteiger partial charge in [0.25, 0.3) is 0 Å². The van der Waals surface area contributed by atoms with Gasteiger partial charge in [0.2, 0.25) is 5.91 Å². The molecule has 0 aromatic heterocycles. The van der Waals surface area contributed by atoms with E-state index < -0.39 is 0 Å². The van der Waals surface area contributed by atoms with Crippen LogP contribution in [0.15, 0.2) is 0 Å². The molecule has 0 aliphatic carbocycles. The average Bonchev–Trinajstić information content (AvgIpc) is 2.17. The van der Waals surface area contributed by atoms with E-state index in [4.69, 9.17) is 5.73 Å². The summed E-state index contributed by atoms with van der Waals surface area (Å²) in [5.41, 5.74) is 5.37. The van der Waals surface area contributed by atoms with E-state index in [-0.39, 0.29) is 10.7 Å². The van der Waals surface area contributed by atoms with Crippen molar-refractivity contribution in [3.63, 3.8) is 0 Å². The first-order valence-corrected chi connectivity index (χ1v) is 6.10. The maximum Gasteiger partial charge on any atom is 0.223 e. The quantitative estimate of drug-likeness (QED) is 0.718. The maximum absolute atomic E-state index is 11.6. The minimum atomic E-state index is 0.0724. The second-order valence-electron chi connectivity index (χ2n) is 4.85. The molecule has 1 fully saturated rings. The van der Waals surface area contributed by atoms with Gasteiger partial charge in [0.05, 0.1) is 0 Å². The molecule has 3 nitrogen and oxygen atoms in total. The van der Waals surface area contributed by atoms with Crippen molar-refractivity contribution >= 4 is 18.5 Å². The lowest BCUT2D eigenvalue weighted by atomic mass is 9.86. The van der Waals surface area contributed by atoms with E-state index in [1.165, 1.54) is 0 Å². The Bertz CT molecular complexity index is 217. The fourth-order valence-corrected chi connectivity index (χ4v) is 2.38. The Kier molecular flexibility index (Phi) is 4.46. The Labute approximate surface area is 97.8 Å². The fourth-order valence-electron chi connectivity index (χ4n) is 2.12. The van der Waals surface area contributed by atoms with E-state index >= 15 is 0 Å². The lowest BCUT2D eigenvalue weighted by Crippen LogP contribution is -2.43. The van der Waals surface area contributed by atoms with Crippen molar-refractivity contribution < 1.29 is 4.79 Å². The van der Waals surface area contributed by atoms with Gasteiger partial charge in [0, 0.05) is 30.8 Å². The Balaban J connectivity index is 2.39. The van der Waals surface area contributed by atoms with Gasteiger partial charge >= 0.3 is 0 Å². The Hall–Kier alpha value is -0.220. The second kappa shape index (κ2) is 5.21. The first kappa shape index (κ1) is 12.8. The fraction of sp³-hybridized carbons (Fsp3) is 0.909. The third-order valence-electron chi connectivity index (χ3n) is 3.20. The van der Waals surface area contributed by atoms with Gasteiger partial charge in [-0.25, -0.2) is 0 Å². The molecule has 1 aliphatic rings. The zero-order valence-electron chi connectivity index (χ0n) is 9.70. The number of nitrogens with zero attached hydrogens (tertiary/aromatic N) is 1. The molecule has 2 N–H and O–H groups in total. The summed E-state index contributed by atoms with van der Waals surface area (Å²) in [6, 6.07) is 0. The van der Waals surface area contributed by atoms with Crippen LogP contribution in [0.2, 0.25) is 0 Å². The van der Waals surface area contributed by atoms with E-state index in [2.05, 4.69) is 26.5 Å². The summed E-state index contributed by atoms with van der Waals surface area (Å²) in [6.07, 6.45) is 2.61. The molecule has 1 rings (SSSR count). The minimum Gasteiger partial charge on any atom is -0.343 e. The summed E-state index contributed by atoms with van der Waals surface area (Å²) in [5.74, 6) is 0.815. The summed E-state index contributed by atoms with van der Waals surface area (Å²) < 4.78 is 0.0724. The summed E-state index contributed by atoms with van der Waals surface area (Å²) in [4.78, 5) is 13.5. The van der Waals surface area contributed by atoms with Gasteiger partial charge in [0.15, 0.2) is 0 Å². The van der Waals surface area contributed by atoms with E-state index in [1.807, 2.05) is 4.90 Å². The highest BCUT2D eigenvalue weighted by Crippen LogP contribution is 2.32. The highest BCUT2D eigenvalue weighted by Gasteiger charge is 2.30. The molecule has 0 aromatic carbocycles. The van der Waals surface area contributed by atoms with Gasteiger partial charge in [-0.15, -0.1) is 0 Å². The molecule has 0 bridgehead atoms. The highest BCUT2D eigenvalue weighted by molar-refractivity contribution is 7.81. The molecular weight excluding hydrogens is 208 g/mol. The number of piperidine rings is 1. The number of carbonyl (C=O) groups excluding carboxylic acids is 1. The number of hydrogen-bond acceptors (Lipinski definition) is 3. The van der Waals surface area contributed by atoms with Crippen LogP contribution < -0.4 is 5.73 Å². The summed E-state index contributed by atoms with van der Waals surface area (Å²) in [7, 11) is 0. The van der Waals surface area contributed by atoms with Crippen LogP contribution in [-0.2, 0) is 4.79 Å². The van der Waals surface area contributed by atoms with E-state index in [0.717, 1.165) is 25.9 Å². The molecule has 1 amide bonds. The molecule has 0 saturated carbocycles. The summed E-state index contributed by atoms with van der Waals surface area (Å²) in [6.45, 7) is 6.49. The molecule has 0 aromatic rings. The van der Waals surface area contributed by atoms with Crippen molar-refractivity contribution in [2.24, 2.45) is 11.7 Å². The number of rotatable bonds is 3. The van der Waals surface area contributed by atoms with E-state index in [9.17, 15) is 4.79 Å². The Morgan fingerprint density at radius 2 is 2.00 bits per heavy atom. The van der Waals surface area contributed by atoms with Crippen LogP contribution in [0.3, 0.4) is 0 Å². The maximum atomic E-state index is 11.6. The first-order chi connectivity index (χ1) is 6.95. The smallest absolute Gasteiger partial charge is 0.223 e. The molecule has 1 saturated heterocycles. The normalized spacial score (nSPS) is 19.3. The van der Waals surface area contributed by atoms with Crippen molar-refractivity contribution in [3.8, 4) is 0 Å². The number of amides is 1.